The van der Waals surface area contributed by atoms with Crippen LogP contribution in [0.1, 0.15) is 64.5 Å². The first-order chi connectivity index (χ1) is 16.7. The van der Waals surface area contributed by atoms with Crippen LogP contribution in [0.5, 0.6) is 0 Å². The molecule has 0 radical (unpaired) electrons. The second kappa shape index (κ2) is 14.3. The van der Waals surface area contributed by atoms with Crippen LogP contribution in [0.25, 0.3) is 0 Å². The van der Waals surface area contributed by atoms with E-state index in [-0.39, 0.29) is 24.2 Å². The van der Waals surface area contributed by atoms with Crippen LogP contribution in [0.15, 0.2) is 54.6 Å². The molecule has 2 aromatic carbocycles. The summed E-state index contributed by atoms with van der Waals surface area (Å²) in [6.45, 7) is 7.77. The molecule has 0 saturated carbocycles. The second-order valence-electron chi connectivity index (χ2n) is 9.82. The average Bonchev–Trinajstić information content (AvgIpc) is 2.82. The van der Waals surface area contributed by atoms with Crippen LogP contribution >= 0.6 is 0 Å². The fraction of sp³-hybridized carbons (Fsp3) is 0.483. The highest BCUT2D eigenvalue weighted by Gasteiger charge is 2.29. The van der Waals surface area contributed by atoms with E-state index in [1.807, 2.05) is 32.0 Å². The number of aryl methyl sites for hydroxylation is 2. The van der Waals surface area contributed by atoms with Crippen LogP contribution < -0.4 is 10.6 Å². The molecule has 190 valence electrons. The number of carboxylic acids is 1. The van der Waals surface area contributed by atoms with Crippen molar-refractivity contribution in [2.24, 2.45) is 17.8 Å². The highest BCUT2D eigenvalue weighted by atomic mass is 16.4. The van der Waals surface area contributed by atoms with Crippen LogP contribution in [-0.2, 0) is 27.2 Å². The van der Waals surface area contributed by atoms with E-state index in [1.54, 1.807) is 19.1 Å². The number of anilines is 1. The predicted octanol–water partition coefficient (Wildman–Crippen LogP) is 5.47. The van der Waals surface area contributed by atoms with Gasteiger partial charge in [-0.3, -0.25) is 14.4 Å². The quantitative estimate of drug-likeness (QED) is 0.334. The van der Waals surface area contributed by atoms with Crippen LogP contribution in [0, 0.1) is 17.8 Å². The van der Waals surface area contributed by atoms with E-state index >= 15 is 0 Å². The standard InChI is InChI=1S/C29H40N2O4/c1-5-9-22-12-14-23(15-13-22)16-17-24(19-21(4)29(34)35)27(32)31-26(18-20(2)3)28(33)30-25-10-7-6-8-11-25/h6-8,10-15,20-21,24,26H,5,9,16-19H2,1-4H3,(H,30,33)(H,31,32)(H,34,35)/t21?,24-,26+/m1/s1. The van der Waals surface area contributed by atoms with Gasteiger partial charge in [0.1, 0.15) is 6.04 Å². The molecule has 2 rings (SSSR count). The van der Waals surface area contributed by atoms with Gasteiger partial charge in [0.05, 0.1) is 5.92 Å². The Balaban J connectivity index is 2.12. The summed E-state index contributed by atoms with van der Waals surface area (Å²) >= 11 is 0. The fourth-order valence-electron chi connectivity index (χ4n) is 4.13. The summed E-state index contributed by atoms with van der Waals surface area (Å²) in [6, 6.07) is 16.8. The highest BCUT2D eigenvalue weighted by molar-refractivity contribution is 5.97. The Kier molecular flexibility index (Phi) is 11.5. The molecule has 2 amide bonds. The van der Waals surface area contributed by atoms with Gasteiger partial charge in [0.25, 0.3) is 0 Å². The third kappa shape index (κ3) is 9.93. The molecule has 0 saturated heterocycles. The Labute approximate surface area is 209 Å². The lowest BCUT2D eigenvalue weighted by Gasteiger charge is -2.24. The number of carboxylic acid groups (broad SMARTS) is 1. The number of para-hydroxylation sites is 1. The molecular weight excluding hydrogens is 440 g/mol. The van der Waals surface area contributed by atoms with Crippen molar-refractivity contribution in [3.05, 3.63) is 65.7 Å². The maximum Gasteiger partial charge on any atom is 0.306 e. The number of carbonyl (C=O) groups excluding carboxylic acids is 2. The van der Waals surface area contributed by atoms with Gasteiger partial charge in [0.2, 0.25) is 11.8 Å². The maximum atomic E-state index is 13.3. The summed E-state index contributed by atoms with van der Waals surface area (Å²) in [4.78, 5) is 37.8. The molecule has 6 nitrogen and oxygen atoms in total. The largest absolute Gasteiger partial charge is 0.481 e. The Bertz CT molecular complexity index is 941. The number of hydrogen-bond acceptors (Lipinski definition) is 3. The third-order valence-electron chi connectivity index (χ3n) is 6.15. The minimum Gasteiger partial charge on any atom is -0.481 e. The molecule has 0 spiro atoms. The van der Waals surface area contributed by atoms with Gasteiger partial charge in [-0.25, -0.2) is 0 Å². The van der Waals surface area contributed by atoms with Gasteiger partial charge < -0.3 is 15.7 Å². The topological polar surface area (TPSA) is 95.5 Å². The molecule has 0 aliphatic heterocycles. The molecule has 0 aliphatic carbocycles. The normalized spacial score (nSPS) is 13.6. The molecule has 2 aromatic rings. The molecule has 35 heavy (non-hydrogen) atoms. The van der Waals surface area contributed by atoms with Crippen molar-refractivity contribution in [1.29, 1.82) is 0 Å². The van der Waals surface area contributed by atoms with E-state index < -0.39 is 23.8 Å². The van der Waals surface area contributed by atoms with Crippen molar-refractivity contribution in [3.63, 3.8) is 0 Å². The van der Waals surface area contributed by atoms with Gasteiger partial charge in [0.15, 0.2) is 0 Å². The van der Waals surface area contributed by atoms with Gasteiger partial charge in [-0.05, 0) is 61.3 Å². The van der Waals surface area contributed by atoms with Crippen LogP contribution in [0.3, 0.4) is 0 Å². The SMILES string of the molecule is CCCc1ccc(CC[C@H](CC(C)C(=O)O)C(=O)N[C@@H](CC(C)C)C(=O)Nc2ccccc2)cc1. The molecule has 0 fully saturated rings. The second-order valence-corrected chi connectivity index (χ2v) is 9.82. The monoisotopic (exact) mass is 480 g/mol. The summed E-state index contributed by atoms with van der Waals surface area (Å²) in [5.41, 5.74) is 3.07. The van der Waals surface area contributed by atoms with Crippen molar-refractivity contribution in [2.75, 3.05) is 5.32 Å². The number of aliphatic carboxylic acids is 1. The van der Waals surface area contributed by atoms with E-state index in [0.29, 0.717) is 24.9 Å². The van der Waals surface area contributed by atoms with Gasteiger partial charge in [-0.15, -0.1) is 0 Å². The van der Waals surface area contributed by atoms with Crippen molar-refractivity contribution in [2.45, 2.75) is 72.3 Å². The van der Waals surface area contributed by atoms with E-state index in [2.05, 4.69) is 41.8 Å². The number of carbonyl (C=O) groups is 3. The molecule has 1 unspecified atom stereocenters. The van der Waals surface area contributed by atoms with Gasteiger partial charge >= 0.3 is 5.97 Å². The molecule has 3 N–H and O–H groups in total. The molecule has 3 atom stereocenters. The summed E-state index contributed by atoms with van der Waals surface area (Å²) < 4.78 is 0. The third-order valence-corrected chi connectivity index (χ3v) is 6.15. The van der Waals surface area contributed by atoms with Crippen molar-refractivity contribution in [3.8, 4) is 0 Å². The molecule has 0 aromatic heterocycles. The molecule has 0 aliphatic rings. The minimum atomic E-state index is -0.924. The molecule has 6 heteroatoms. The van der Waals surface area contributed by atoms with Crippen molar-refractivity contribution in [1.82, 2.24) is 5.32 Å². The lowest BCUT2D eigenvalue weighted by atomic mass is 9.89. The number of nitrogens with one attached hydrogen (secondary N) is 2. The van der Waals surface area contributed by atoms with Crippen LogP contribution in [-0.4, -0.2) is 28.9 Å². The van der Waals surface area contributed by atoms with Crippen molar-refractivity contribution < 1.29 is 19.5 Å². The zero-order valence-electron chi connectivity index (χ0n) is 21.4. The predicted molar refractivity (Wildman–Crippen MR) is 140 cm³/mol. The lowest BCUT2D eigenvalue weighted by molar-refractivity contribution is -0.142. The molecule has 0 heterocycles. The minimum absolute atomic E-state index is 0.194. The first kappa shape index (κ1) is 28.1. The number of benzene rings is 2. The molecular formula is C29H40N2O4. The average molecular weight is 481 g/mol. The summed E-state index contributed by atoms with van der Waals surface area (Å²) in [5.74, 6) is -2.42. The van der Waals surface area contributed by atoms with Crippen molar-refractivity contribution >= 4 is 23.5 Å². The van der Waals surface area contributed by atoms with E-state index in [9.17, 15) is 19.5 Å². The maximum absolute atomic E-state index is 13.3. The van der Waals surface area contributed by atoms with Crippen LogP contribution in [0.4, 0.5) is 5.69 Å². The van der Waals surface area contributed by atoms with Gasteiger partial charge in [-0.1, -0.05) is 76.6 Å². The summed E-state index contributed by atoms with van der Waals surface area (Å²) in [7, 11) is 0. The fourth-order valence-corrected chi connectivity index (χ4v) is 4.13. The van der Waals surface area contributed by atoms with E-state index in [1.165, 1.54) is 5.56 Å². The smallest absolute Gasteiger partial charge is 0.306 e. The van der Waals surface area contributed by atoms with Gasteiger partial charge in [-0.2, -0.15) is 0 Å². The summed E-state index contributed by atoms with van der Waals surface area (Å²) in [5, 5.41) is 15.2. The highest BCUT2D eigenvalue weighted by Crippen LogP contribution is 2.21. The Hall–Kier alpha value is -3.15. The zero-order valence-corrected chi connectivity index (χ0v) is 21.4. The first-order valence-corrected chi connectivity index (χ1v) is 12.7. The Morgan fingerprint density at radius 1 is 0.829 bits per heavy atom. The summed E-state index contributed by atoms with van der Waals surface area (Å²) in [6.07, 6.45) is 4.02. The number of rotatable bonds is 14. The Morgan fingerprint density at radius 2 is 1.43 bits per heavy atom. The zero-order chi connectivity index (χ0) is 25.8. The Morgan fingerprint density at radius 3 is 1.97 bits per heavy atom. The first-order valence-electron chi connectivity index (χ1n) is 12.7. The number of amides is 2. The molecule has 0 bridgehead atoms. The number of hydrogen-bond donors (Lipinski definition) is 3. The van der Waals surface area contributed by atoms with E-state index in [4.69, 9.17) is 0 Å². The lowest BCUT2D eigenvalue weighted by Crippen LogP contribution is -2.47. The van der Waals surface area contributed by atoms with Gasteiger partial charge in [0, 0.05) is 11.6 Å². The van der Waals surface area contributed by atoms with Crippen LogP contribution in [0.2, 0.25) is 0 Å². The van der Waals surface area contributed by atoms with E-state index in [0.717, 1.165) is 18.4 Å².